The number of amides is 3. The van der Waals surface area contributed by atoms with Gasteiger partial charge in [0.2, 0.25) is 5.91 Å². The Hall–Kier alpha value is -4.34. The highest BCUT2D eigenvalue weighted by Crippen LogP contribution is 2.34. The fourth-order valence-electron chi connectivity index (χ4n) is 4.22. The van der Waals surface area contributed by atoms with Crippen LogP contribution in [0, 0.1) is 17.5 Å². The molecule has 10 heteroatoms. The Morgan fingerprint density at radius 2 is 1.61 bits per heavy atom. The molecule has 0 saturated carbocycles. The summed E-state index contributed by atoms with van der Waals surface area (Å²) in [5.74, 6) is -3.26. The first kappa shape index (κ1) is 26.7. The molecular formula is C28H27F3N4O3. The maximum atomic E-state index is 14.5. The van der Waals surface area contributed by atoms with Crippen LogP contribution in [0.25, 0.3) is 0 Å². The normalized spacial score (nSPS) is 15.5. The van der Waals surface area contributed by atoms with Crippen LogP contribution in [0.2, 0.25) is 0 Å². The van der Waals surface area contributed by atoms with E-state index in [0.29, 0.717) is 11.3 Å². The molecule has 0 aliphatic carbocycles. The van der Waals surface area contributed by atoms with Crippen molar-refractivity contribution >= 4 is 29.1 Å². The number of anilines is 2. The van der Waals surface area contributed by atoms with Gasteiger partial charge in [0.05, 0.1) is 11.4 Å². The minimum absolute atomic E-state index is 0.0378. The zero-order valence-corrected chi connectivity index (χ0v) is 21.1. The summed E-state index contributed by atoms with van der Waals surface area (Å²) in [7, 11) is 1.47. The van der Waals surface area contributed by atoms with Gasteiger partial charge in [0, 0.05) is 31.3 Å². The summed E-state index contributed by atoms with van der Waals surface area (Å²) in [5, 5.41) is 5.29. The highest BCUT2D eigenvalue weighted by atomic mass is 19.1. The molecule has 3 aromatic rings. The van der Waals surface area contributed by atoms with Gasteiger partial charge in [-0.15, -0.1) is 0 Å². The van der Waals surface area contributed by atoms with Crippen LogP contribution in [-0.4, -0.2) is 42.9 Å². The van der Waals surface area contributed by atoms with Crippen LogP contribution in [0.3, 0.4) is 0 Å². The van der Waals surface area contributed by atoms with E-state index in [0.717, 1.165) is 12.1 Å². The van der Waals surface area contributed by atoms with Gasteiger partial charge in [0.1, 0.15) is 29.0 Å². The standard InChI is InChI=1S/C28H27F3N4O3/c1-28(2,33-25(36)17-8-10-19(29)11-9-17)27(38)32-22-16-35(15-18-6-4-5-7-21(18)31)23-13-12-20(30)14-24(23)34(3)26(22)37/h4-14,22H,15-16H2,1-3H3,(H,32,38)(H,33,36)/t22-/m1/s1. The summed E-state index contributed by atoms with van der Waals surface area (Å²) < 4.78 is 41.9. The SMILES string of the molecule is CN1C(=O)[C@H](NC(=O)C(C)(C)NC(=O)c2ccc(F)cc2)CN(Cc2ccccc2F)c2ccc(F)cc21. The van der Waals surface area contributed by atoms with Gasteiger partial charge in [0.15, 0.2) is 0 Å². The molecule has 0 radical (unpaired) electrons. The van der Waals surface area contributed by atoms with Crippen LogP contribution in [-0.2, 0) is 16.1 Å². The summed E-state index contributed by atoms with van der Waals surface area (Å²) in [6.45, 7) is 2.96. The lowest BCUT2D eigenvalue weighted by Crippen LogP contribution is -2.60. The minimum Gasteiger partial charge on any atom is -0.363 e. The zero-order chi connectivity index (χ0) is 27.6. The molecule has 3 aromatic carbocycles. The van der Waals surface area contributed by atoms with Crippen molar-refractivity contribution in [3.8, 4) is 0 Å². The lowest BCUT2D eigenvalue weighted by atomic mass is 10.0. The summed E-state index contributed by atoms with van der Waals surface area (Å²) in [6.07, 6.45) is 0. The third kappa shape index (κ3) is 5.64. The lowest BCUT2D eigenvalue weighted by Gasteiger charge is -2.30. The molecule has 0 spiro atoms. The molecule has 0 saturated heterocycles. The number of likely N-dealkylation sites (N-methyl/N-ethyl adjacent to an activating group) is 1. The van der Waals surface area contributed by atoms with E-state index in [1.807, 2.05) is 0 Å². The van der Waals surface area contributed by atoms with Crippen LogP contribution in [0.5, 0.6) is 0 Å². The van der Waals surface area contributed by atoms with E-state index >= 15 is 0 Å². The molecule has 0 bridgehead atoms. The van der Waals surface area contributed by atoms with Crippen molar-refractivity contribution < 1.29 is 27.6 Å². The van der Waals surface area contributed by atoms with Gasteiger partial charge in [0.25, 0.3) is 11.8 Å². The maximum Gasteiger partial charge on any atom is 0.252 e. The zero-order valence-electron chi connectivity index (χ0n) is 21.1. The van der Waals surface area contributed by atoms with Crippen molar-refractivity contribution in [1.82, 2.24) is 10.6 Å². The Labute approximate surface area is 218 Å². The largest absolute Gasteiger partial charge is 0.363 e. The predicted octanol–water partition coefficient (Wildman–Crippen LogP) is 3.78. The Kier molecular flexibility index (Phi) is 7.43. The number of benzene rings is 3. The smallest absolute Gasteiger partial charge is 0.252 e. The average molecular weight is 525 g/mol. The van der Waals surface area contributed by atoms with E-state index in [1.54, 1.807) is 23.1 Å². The highest BCUT2D eigenvalue weighted by molar-refractivity contribution is 6.04. The molecule has 1 aliphatic heterocycles. The topological polar surface area (TPSA) is 81.8 Å². The second-order valence-electron chi connectivity index (χ2n) is 9.61. The molecule has 0 unspecified atom stereocenters. The highest BCUT2D eigenvalue weighted by Gasteiger charge is 2.37. The van der Waals surface area contributed by atoms with Crippen molar-refractivity contribution in [1.29, 1.82) is 0 Å². The molecule has 0 fully saturated rings. The summed E-state index contributed by atoms with van der Waals surface area (Å²) >= 11 is 0. The van der Waals surface area contributed by atoms with Gasteiger partial charge in [-0.2, -0.15) is 0 Å². The number of rotatable bonds is 6. The van der Waals surface area contributed by atoms with E-state index < -0.39 is 46.8 Å². The molecule has 2 N–H and O–H groups in total. The Morgan fingerprint density at radius 1 is 0.947 bits per heavy atom. The monoisotopic (exact) mass is 524 g/mol. The third-order valence-corrected chi connectivity index (χ3v) is 6.40. The van der Waals surface area contributed by atoms with E-state index in [4.69, 9.17) is 0 Å². The Balaban J connectivity index is 1.59. The van der Waals surface area contributed by atoms with E-state index in [1.165, 1.54) is 62.2 Å². The number of nitrogens with one attached hydrogen (secondary N) is 2. The Bertz CT molecular complexity index is 1380. The minimum atomic E-state index is -1.45. The van der Waals surface area contributed by atoms with Crippen LogP contribution in [0.1, 0.15) is 29.8 Å². The van der Waals surface area contributed by atoms with E-state index in [9.17, 15) is 27.6 Å². The van der Waals surface area contributed by atoms with Gasteiger partial charge in [-0.3, -0.25) is 14.4 Å². The first-order chi connectivity index (χ1) is 18.0. The summed E-state index contributed by atoms with van der Waals surface area (Å²) in [6, 6.07) is 13.9. The molecule has 7 nitrogen and oxygen atoms in total. The number of nitrogens with zero attached hydrogens (tertiary/aromatic N) is 2. The quantitative estimate of drug-likeness (QED) is 0.515. The van der Waals surface area contributed by atoms with Gasteiger partial charge in [-0.1, -0.05) is 18.2 Å². The van der Waals surface area contributed by atoms with Crippen molar-refractivity contribution in [2.24, 2.45) is 0 Å². The number of hydrogen-bond acceptors (Lipinski definition) is 4. The van der Waals surface area contributed by atoms with Crippen molar-refractivity contribution in [3.05, 3.63) is 95.3 Å². The van der Waals surface area contributed by atoms with Gasteiger partial charge in [-0.05, 0) is 62.4 Å². The fraction of sp³-hybridized carbons (Fsp3) is 0.250. The van der Waals surface area contributed by atoms with Crippen LogP contribution in [0.15, 0.2) is 66.7 Å². The Morgan fingerprint density at radius 3 is 2.29 bits per heavy atom. The van der Waals surface area contributed by atoms with Crippen LogP contribution >= 0.6 is 0 Å². The third-order valence-electron chi connectivity index (χ3n) is 6.40. The van der Waals surface area contributed by atoms with Gasteiger partial charge < -0.3 is 20.4 Å². The number of carbonyl (C=O) groups is 3. The molecule has 198 valence electrons. The molecule has 1 heterocycles. The molecule has 38 heavy (non-hydrogen) atoms. The fourth-order valence-corrected chi connectivity index (χ4v) is 4.22. The van der Waals surface area contributed by atoms with Gasteiger partial charge in [-0.25, -0.2) is 13.2 Å². The maximum absolute atomic E-state index is 14.5. The number of fused-ring (bicyclic) bond motifs is 1. The second-order valence-corrected chi connectivity index (χ2v) is 9.61. The number of hydrogen-bond donors (Lipinski definition) is 2. The van der Waals surface area contributed by atoms with Crippen molar-refractivity contribution in [2.75, 3.05) is 23.4 Å². The van der Waals surface area contributed by atoms with Gasteiger partial charge >= 0.3 is 0 Å². The van der Waals surface area contributed by atoms with E-state index in [-0.39, 0.29) is 24.3 Å². The first-order valence-corrected chi connectivity index (χ1v) is 11.9. The summed E-state index contributed by atoms with van der Waals surface area (Å²) in [4.78, 5) is 42.2. The molecular weight excluding hydrogens is 497 g/mol. The summed E-state index contributed by atoms with van der Waals surface area (Å²) in [5.41, 5.74) is -0.174. The molecule has 3 amide bonds. The molecule has 1 aliphatic rings. The van der Waals surface area contributed by atoms with E-state index in [2.05, 4.69) is 10.6 Å². The average Bonchev–Trinajstić information content (AvgIpc) is 2.96. The lowest BCUT2D eigenvalue weighted by molar-refractivity contribution is -0.130. The molecule has 0 aromatic heterocycles. The van der Waals surface area contributed by atoms with Crippen molar-refractivity contribution in [3.63, 3.8) is 0 Å². The first-order valence-electron chi connectivity index (χ1n) is 11.9. The van der Waals surface area contributed by atoms with Crippen LogP contribution < -0.4 is 20.4 Å². The second kappa shape index (κ2) is 10.6. The van der Waals surface area contributed by atoms with Crippen molar-refractivity contribution in [2.45, 2.75) is 32.0 Å². The predicted molar refractivity (Wildman–Crippen MR) is 137 cm³/mol. The molecule has 1 atom stereocenters. The van der Waals surface area contributed by atoms with Crippen LogP contribution in [0.4, 0.5) is 24.5 Å². The molecule has 4 rings (SSSR count). The number of halogens is 3. The number of carbonyl (C=O) groups excluding carboxylic acids is 3.